The van der Waals surface area contributed by atoms with Crippen molar-refractivity contribution < 1.29 is 9.18 Å². The summed E-state index contributed by atoms with van der Waals surface area (Å²) in [7, 11) is 0. The Morgan fingerprint density at radius 3 is 2.72 bits per heavy atom. The number of fused-ring (bicyclic) bond motifs is 1. The van der Waals surface area contributed by atoms with Crippen molar-refractivity contribution >= 4 is 5.91 Å². The quantitative estimate of drug-likeness (QED) is 0.766. The Morgan fingerprint density at radius 2 is 1.94 bits per heavy atom. The van der Waals surface area contributed by atoms with Crippen LogP contribution in [0.3, 0.4) is 0 Å². The van der Waals surface area contributed by atoms with E-state index in [0.717, 1.165) is 5.69 Å². The minimum absolute atomic E-state index is 0.0672. The summed E-state index contributed by atoms with van der Waals surface area (Å²) in [4.78, 5) is 14.0. The summed E-state index contributed by atoms with van der Waals surface area (Å²) in [5.41, 5.74) is 1.54. The molecule has 0 saturated carbocycles. The first-order valence-corrected chi connectivity index (χ1v) is 5.79. The lowest BCUT2D eigenvalue weighted by atomic mass is 10.1. The van der Waals surface area contributed by atoms with Crippen LogP contribution in [-0.4, -0.2) is 27.1 Å². The van der Waals surface area contributed by atoms with Gasteiger partial charge in [-0.1, -0.05) is 0 Å². The average Bonchev–Trinajstić information content (AvgIpc) is 2.86. The first-order valence-electron chi connectivity index (χ1n) is 5.79. The van der Waals surface area contributed by atoms with Crippen LogP contribution in [0.5, 0.6) is 0 Å². The number of carbonyl (C=O) groups is 1. The molecule has 0 aliphatic carbocycles. The molecule has 18 heavy (non-hydrogen) atoms. The van der Waals surface area contributed by atoms with Gasteiger partial charge in [-0.2, -0.15) is 5.10 Å². The van der Waals surface area contributed by atoms with Gasteiger partial charge in [-0.25, -0.2) is 4.39 Å². The van der Waals surface area contributed by atoms with Crippen LogP contribution in [0.25, 0.3) is 0 Å². The Morgan fingerprint density at radius 1 is 1.17 bits per heavy atom. The summed E-state index contributed by atoms with van der Waals surface area (Å²) in [5, 5.41) is 4.16. The summed E-state index contributed by atoms with van der Waals surface area (Å²) in [5.74, 6) is -0.397. The fraction of sp³-hybridized carbons (Fsp3) is 0.231. The number of halogens is 1. The van der Waals surface area contributed by atoms with Gasteiger partial charge in [0.15, 0.2) is 0 Å². The predicted molar refractivity (Wildman–Crippen MR) is 63.4 cm³/mol. The SMILES string of the molecule is O=C(c1ccc(F)cc1)N1CCn2nccc2C1. The molecule has 1 aliphatic rings. The zero-order valence-corrected chi connectivity index (χ0v) is 9.71. The lowest BCUT2D eigenvalue weighted by Gasteiger charge is -2.27. The third kappa shape index (κ3) is 1.88. The molecule has 3 rings (SSSR count). The molecule has 1 aromatic heterocycles. The summed E-state index contributed by atoms with van der Waals surface area (Å²) >= 11 is 0. The first kappa shape index (κ1) is 11.0. The molecule has 2 aromatic rings. The van der Waals surface area contributed by atoms with Crippen molar-refractivity contribution in [3.8, 4) is 0 Å². The highest BCUT2D eigenvalue weighted by atomic mass is 19.1. The van der Waals surface area contributed by atoms with Gasteiger partial charge in [0, 0.05) is 18.3 Å². The van der Waals surface area contributed by atoms with Gasteiger partial charge < -0.3 is 4.90 Å². The molecular weight excluding hydrogens is 233 g/mol. The summed E-state index contributed by atoms with van der Waals surface area (Å²) in [6, 6.07) is 7.56. The molecule has 0 atom stereocenters. The number of hydrogen-bond acceptors (Lipinski definition) is 2. The second-order valence-electron chi connectivity index (χ2n) is 4.28. The van der Waals surface area contributed by atoms with Gasteiger partial charge in [0.2, 0.25) is 0 Å². The Bertz CT molecular complexity index is 576. The van der Waals surface area contributed by atoms with Crippen LogP contribution in [-0.2, 0) is 13.1 Å². The molecule has 0 fully saturated rings. The minimum atomic E-state index is -0.330. The molecule has 1 aromatic carbocycles. The summed E-state index contributed by atoms with van der Waals surface area (Å²) < 4.78 is 14.7. The second kappa shape index (κ2) is 4.25. The summed E-state index contributed by atoms with van der Waals surface area (Å²) in [6.07, 6.45) is 1.74. The zero-order chi connectivity index (χ0) is 12.5. The average molecular weight is 245 g/mol. The molecule has 0 radical (unpaired) electrons. The lowest BCUT2D eigenvalue weighted by molar-refractivity contribution is 0.0706. The minimum Gasteiger partial charge on any atom is -0.331 e. The highest BCUT2D eigenvalue weighted by Gasteiger charge is 2.21. The van der Waals surface area contributed by atoms with Crippen molar-refractivity contribution in [1.29, 1.82) is 0 Å². The predicted octanol–water partition coefficient (Wildman–Crippen LogP) is 1.68. The zero-order valence-electron chi connectivity index (χ0n) is 9.71. The normalized spacial score (nSPS) is 14.4. The Hall–Kier alpha value is -2.17. The van der Waals surface area contributed by atoms with Gasteiger partial charge in [0.25, 0.3) is 5.91 Å². The molecule has 0 spiro atoms. The van der Waals surface area contributed by atoms with E-state index in [9.17, 15) is 9.18 Å². The number of amides is 1. The van der Waals surface area contributed by atoms with E-state index in [1.807, 2.05) is 10.7 Å². The van der Waals surface area contributed by atoms with E-state index < -0.39 is 0 Å². The van der Waals surface area contributed by atoms with Gasteiger partial charge in [-0.3, -0.25) is 9.48 Å². The van der Waals surface area contributed by atoms with Crippen LogP contribution in [0.1, 0.15) is 16.1 Å². The second-order valence-corrected chi connectivity index (χ2v) is 4.28. The molecule has 2 heterocycles. The maximum absolute atomic E-state index is 12.8. The number of hydrogen-bond donors (Lipinski definition) is 0. The molecule has 0 bridgehead atoms. The summed E-state index contributed by atoms with van der Waals surface area (Å²) in [6.45, 7) is 1.89. The van der Waals surface area contributed by atoms with E-state index >= 15 is 0 Å². The van der Waals surface area contributed by atoms with Crippen molar-refractivity contribution in [3.63, 3.8) is 0 Å². The van der Waals surface area contributed by atoms with Crippen molar-refractivity contribution in [2.75, 3.05) is 6.54 Å². The molecule has 1 aliphatic heterocycles. The van der Waals surface area contributed by atoms with Crippen molar-refractivity contribution in [1.82, 2.24) is 14.7 Å². The van der Waals surface area contributed by atoms with Gasteiger partial charge in [-0.05, 0) is 30.3 Å². The van der Waals surface area contributed by atoms with E-state index in [-0.39, 0.29) is 11.7 Å². The van der Waals surface area contributed by atoms with Gasteiger partial charge in [0.05, 0.1) is 18.8 Å². The highest BCUT2D eigenvalue weighted by Crippen LogP contribution is 2.14. The maximum Gasteiger partial charge on any atom is 0.254 e. The van der Waals surface area contributed by atoms with Crippen LogP contribution < -0.4 is 0 Å². The molecule has 0 unspecified atom stereocenters. The molecule has 1 amide bonds. The van der Waals surface area contributed by atoms with Gasteiger partial charge >= 0.3 is 0 Å². The number of rotatable bonds is 1. The molecule has 92 valence electrons. The topological polar surface area (TPSA) is 38.1 Å². The molecule has 4 nitrogen and oxygen atoms in total. The first-order chi connectivity index (χ1) is 8.74. The fourth-order valence-electron chi connectivity index (χ4n) is 2.13. The van der Waals surface area contributed by atoms with E-state index in [1.54, 1.807) is 11.1 Å². The van der Waals surface area contributed by atoms with Crippen LogP contribution in [0.4, 0.5) is 4.39 Å². The van der Waals surface area contributed by atoms with Gasteiger partial charge in [-0.15, -0.1) is 0 Å². The third-order valence-corrected chi connectivity index (χ3v) is 3.12. The Balaban J connectivity index is 1.80. The number of carbonyl (C=O) groups excluding carboxylic acids is 1. The van der Waals surface area contributed by atoms with Crippen molar-refractivity contribution in [3.05, 3.63) is 53.6 Å². The van der Waals surface area contributed by atoms with Gasteiger partial charge in [0.1, 0.15) is 5.82 Å². The van der Waals surface area contributed by atoms with E-state index in [4.69, 9.17) is 0 Å². The van der Waals surface area contributed by atoms with Crippen LogP contribution in [0.15, 0.2) is 36.5 Å². The molecular formula is C13H12FN3O. The Labute approximate surface area is 104 Å². The molecule has 5 heteroatoms. The standard InChI is InChI=1S/C13H12FN3O/c14-11-3-1-10(2-4-11)13(18)16-7-8-17-12(9-16)5-6-15-17/h1-6H,7-9H2. The van der Waals surface area contributed by atoms with Crippen LogP contribution >= 0.6 is 0 Å². The van der Waals surface area contributed by atoms with Crippen molar-refractivity contribution in [2.24, 2.45) is 0 Å². The van der Waals surface area contributed by atoms with E-state index in [0.29, 0.717) is 25.2 Å². The monoisotopic (exact) mass is 245 g/mol. The lowest BCUT2D eigenvalue weighted by Crippen LogP contribution is -2.38. The van der Waals surface area contributed by atoms with E-state index in [2.05, 4.69) is 5.10 Å². The Kier molecular flexibility index (Phi) is 2.59. The number of nitrogens with zero attached hydrogens (tertiary/aromatic N) is 3. The third-order valence-electron chi connectivity index (χ3n) is 3.12. The van der Waals surface area contributed by atoms with E-state index in [1.165, 1.54) is 24.3 Å². The highest BCUT2D eigenvalue weighted by molar-refractivity contribution is 5.94. The smallest absolute Gasteiger partial charge is 0.254 e. The number of benzene rings is 1. The molecule has 0 saturated heterocycles. The van der Waals surface area contributed by atoms with Crippen molar-refractivity contribution in [2.45, 2.75) is 13.1 Å². The maximum atomic E-state index is 12.8. The number of aromatic nitrogens is 2. The van der Waals surface area contributed by atoms with Crippen LogP contribution in [0.2, 0.25) is 0 Å². The fourth-order valence-corrected chi connectivity index (χ4v) is 2.13. The largest absolute Gasteiger partial charge is 0.331 e. The van der Waals surface area contributed by atoms with Crippen LogP contribution in [0, 0.1) is 5.82 Å². The molecule has 0 N–H and O–H groups in total.